The van der Waals surface area contributed by atoms with Gasteiger partial charge >= 0.3 is 6.18 Å². The van der Waals surface area contributed by atoms with Crippen LogP contribution in [0.25, 0.3) is 27.7 Å². The number of nitro groups is 1. The fourth-order valence-corrected chi connectivity index (χ4v) is 4.71. The van der Waals surface area contributed by atoms with E-state index in [1.807, 2.05) is 18.2 Å². The molecule has 0 radical (unpaired) electrons. The number of hydrogen-bond donors (Lipinski definition) is 1. The Labute approximate surface area is 246 Å². The van der Waals surface area contributed by atoms with Gasteiger partial charge in [0.25, 0.3) is 11.6 Å². The predicted molar refractivity (Wildman–Crippen MR) is 155 cm³/mol. The van der Waals surface area contributed by atoms with Crippen molar-refractivity contribution < 1.29 is 32.4 Å². The number of ether oxygens (including phenoxy) is 2. The summed E-state index contributed by atoms with van der Waals surface area (Å²) in [7, 11) is 1.50. The molecule has 0 saturated carbocycles. The molecule has 1 N–H and O–H groups in total. The zero-order chi connectivity index (χ0) is 31.0. The van der Waals surface area contributed by atoms with Crippen molar-refractivity contribution >= 4 is 33.7 Å². The third-order valence-electron chi connectivity index (χ3n) is 6.73. The van der Waals surface area contributed by atoms with E-state index in [9.17, 15) is 28.1 Å². The van der Waals surface area contributed by atoms with Crippen molar-refractivity contribution in [2.24, 2.45) is 0 Å². The fourth-order valence-electron chi connectivity index (χ4n) is 4.71. The van der Waals surface area contributed by atoms with Gasteiger partial charge in [0.15, 0.2) is 11.3 Å². The average molecular weight is 600 g/mol. The highest BCUT2D eigenvalue weighted by atomic mass is 19.4. The lowest BCUT2D eigenvalue weighted by Crippen LogP contribution is -2.16. The lowest BCUT2D eigenvalue weighted by Gasteiger charge is -2.13. The molecule has 4 aromatic carbocycles. The first kappa shape index (κ1) is 28.2. The molecule has 0 aliphatic rings. The minimum absolute atomic E-state index is 0.0123. The van der Waals surface area contributed by atoms with Gasteiger partial charge in [-0.05, 0) is 41.1 Å². The summed E-state index contributed by atoms with van der Waals surface area (Å²) in [6.07, 6.45) is -3.86. The van der Waals surface area contributed by atoms with Gasteiger partial charge in [0.1, 0.15) is 22.8 Å². The van der Waals surface area contributed by atoms with Gasteiger partial charge in [0, 0.05) is 17.7 Å². The lowest BCUT2D eigenvalue weighted by molar-refractivity contribution is -0.384. The van der Waals surface area contributed by atoms with Crippen molar-refractivity contribution in [3.63, 3.8) is 0 Å². The van der Waals surface area contributed by atoms with Gasteiger partial charge < -0.3 is 14.8 Å². The predicted octanol–water partition coefficient (Wildman–Crippen LogP) is 7.53. The molecule has 1 amide bonds. The number of amides is 1. The van der Waals surface area contributed by atoms with Crippen LogP contribution in [0.15, 0.2) is 97.2 Å². The number of alkyl halides is 3. The Kier molecular flexibility index (Phi) is 7.05. The van der Waals surface area contributed by atoms with Crippen molar-refractivity contribution in [3.05, 3.63) is 119 Å². The van der Waals surface area contributed by atoms with E-state index >= 15 is 0 Å². The van der Waals surface area contributed by atoms with Crippen LogP contribution >= 0.6 is 0 Å². The Balaban J connectivity index is 1.40. The number of anilines is 1. The van der Waals surface area contributed by atoms with E-state index in [2.05, 4.69) is 15.4 Å². The fraction of sp³-hybridized carbons (Fsp3) is 0.0645. The number of carbonyl (C=O) groups excluding carboxylic acids is 1. The van der Waals surface area contributed by atoms with Crippen LogP contribution in [0.1, 0.15) is 16.1 Å². The van der Waals surface area contributed by atoms with E-state index in [4.69, 9.17) is 9.47 Å². The van der Waals surface area contributed by atoms with E-state index < -0.39 is 22.7 Å². The maximum Gasteiger partial charge on any atom is 0.433 e. The summed E-state index contributed by atoms with van der Waals surface area (Å²) >= 11 is 0. The van der Waals surface area contributed by atoms with Crippen LogP contribution < -0.4 is 14.8 Å². The van der Waals surface area contributed by atoms with E-state index in [0.29, 0.717) is 27.0 Å². The molecular weight excluding hydrogens is 579 g/mol. The summed E-state index contributed by atoms with van der Waals surface area (Å²) in [5.41, 5.74) is -1.75. The number of nitrogens with one attached hydrogen (secondary N) is 1. The van der Waals surface area contributed by atoms with Crippen LogP contribution in [0.4, 0.5) is 24.5 Å². The molecule has 0 saturated heterocycles. The molecule has 13 heteroatoms. The van der Waals surface area contributed by atoms with Gasteiger partial charge in [-0.1, -0.05) is 42.5 Å². The monoisotopic (exact) mass is 599 g/mol. The molecule has 0 aliphatic carbocycles. The Morgan fingerprint density at radius 2 is 1.66 bits per heavy atom. The summed E-state index contributed by atoms with van der Waals surface area (Å²) < 4.78 is 54.0. The summed E-state index contributed by atoms with van der Waals surface area (Å²) in [6, 6.07) is 23.3. The van der Waals surface area contributed by atoms with Gasteiger partial charge in [0.05, 0.1) is 35.7 Å². The molecule has 2 aromatic heterocycles. The first-order valence-corrected chi connectivity index (χ1v) is 13.0. The van der Waals surface area contributed by atoms with Crippen molar-refractivity contribution in [2.45, 2.75) is 6.18 Å². The Bertz CT molecular complexity index is 2050. The van der Waals surface area contributed by atoms with Crippen LogP contribution in [0, 0.1) is 10.1 Å². The summed E-state index contributed by atoms with van der Waals surface area (Å²) in [6.45, 7) is 0. The van der Waals surface area contributed by atoms with E-state index in [1.165, 1.54) is 19.2 Å². The molecule has 6 aromatic rings. The van der Waals surface area contributed by atoms with Crippen LogP contribution in [0.5, 0.6) is 17.2 Å². The van der Waals surface area contributed by atoms with Crippen molar-refractivity contribution in [1.29, 1.82) is 0 Å². The number of carbonyl (C=O) groups is 1. The smallest absolute Gasteiger partial charge is 0.433 e. The molecule has 0 aliphatic heterocycles. The molecule has 2 heterocycles. The Morgan fingerprint density at radius 3 is 2.39 bits per heavy atom. The molecule has 0 bridgehead atoms. The number of fused-ring (bicyclic) bond motifs is 2. The number of aromatic nitrogens is 3. The summed E-state index contributed by atoms with van der Waals surface area (Å²) in [4.78, 5) is 28.8. The maximum absolute atomic E-state index is 14.2. The van der Waals surface area contributed by atoms with E-state index in [1.54, 1.807) is 48.5 Å². The van der Waals surface area contributed by atoms with Crippen molar-refractivity contribution in [3.8, 4) is 28.5 Å². The normalized spacial score (nSPS) is 11.5. The second-order valence-electron chi connectivity index (χ2n) is 9.55. The molecule has 6 rings (SSSR count). The number of rotatable bonds is 7. The average Bonchev–Trinajstić information content (AvgIpc) is 3.44. The molecule has 10 nitrogen and oxygen atoms in total. The molecule has 0 fully saturated rings. The summed E-state index contributed by atoms with van der Waals surface area (Å²) in [5.74, 6) is 0.0709. The lowest BCUT2D eigenvalue weighted by atomic mass is 10.0. The third-order valence-corrected chi connectivity index (χ3v) is 6.73. The number of nitro benzene ring substituents is 1. The SMILES string of the molecule is COc1ccc(Oc2cc(NC(=O)c3cnn4c(C(F)(F)F)cc(-c5cccc6ccccc56)nc34)cc([N+](=O)[O-])c2)cc1. The highest BCUT2D eigenvalue weighted by Gasteiger charge is 2.36. The largest absolute Gasteiger partial charge is 0.497 e. The molecule has 0 spiro atoms. The zero-order valence-electron chi connectivity index (χ0n) is 22.7. The number of benzene rings is 4. The molecule has 220 valence electrons. The Morgan fingerprint density at radius 1 is 0.932 bits per heavy atom. The molecule has 0 atom stereocenters. The second kappa shape index (κ2) is 11.0. The number of nitrogens with zero attached hydrogens (tertiary/aromatic N) is 4. The van der Waals surface area contributed by atoms with Gasteiger partial charge in [-0.2, -0.15) is 18.3 Å². The van der Waals surface area contributed by atoms with E-state index in [-0.39, 0.29) is 34.0 Å². The third kappa shape index (κ3) is 5.45. The number of hydrogen-bond acceptors (Lipinski definition) is 7. The quantitative estimate of drug-likeness (QED) is 0.149. The van der Waals surface area contributed by atoms with Crippen LogP contribution in [-0.2, 0) is 6.18 Å². The first-order valence-electron chi connectivity index (χ1n) is 13.0. The van der Waals surface area contributed by atoms with Crippen LogP contribution in [0.2, 0.25) is 0 Å². The van der Waals surface area contributed by atoms with Gasteiger partial charge in [-0.3, -0.25) is 14.9 Å². The molecular formula is C31H20F3N5O5. The number of non-ortho nitro benzene ring substituents is 1. The van der Waals surface area contributed by atoms with Gasteiger partial charge in [-0.15, -0.1) is 0 Å². The Hall–Kier alpha value is -5.98. The minimum atomic E-state index is -4.83. The van der Waals surface area contributed by atoms with Gasteiger partial charge in [0.2, 0.25) is 0 Å². The van der Waals surface area contributed by atoms with Crippen LogP contribution in [0.3, 0.4) is 0 Å². The minimum Gasteiger partial charge on any atom is -0.497 e. The van der Waals surface area contributed by atoms with Gasteiger partial charge in [-0.25, -0.2) is 9.50 Å². The zero-order valence-corrected chi connectivity index (χ0v) is 22.7. The first-order chi connectivity index (χ1) is 21.1. The summed E-state index contributed by atoms with van der Waals surface area (Å²) in [5, 5.41) is 19.4. The molecule has 0 unspecified atom stereocenters. The van der Waals surface area contributed by atoms with Crippen LogP contribution in [-0.4, -0.2) is 32.5 Å². The highest BCUT2D eigenvalue weighted by molar-refractivity contribution is 6.08. The van der Waals surface area contributed by atoms with E-state index in [0.717, 1.165) is 23.7 Å². The second-order valence-corrected chi connectivity index (χ2v) is 9.55. The van der Waals surface area contributed by atoms with Crippen molar-refractivity contribution in [1.82, 2.24) is 14.6 Å². The molecule has 44 heavy (non-hydrogen) atoms. The topological polar surface area (TPSA) is 121 Å². The standard InChI is InChI=1S/C31H20F3N5O5/c1-43-21-9-11-22(12-10-21)44-23-14-19(13-20(15-23)39(41)42)36-30(40)26-17-35-38-28(31(32,33)34)16-27(37-29(26)38)25-8-4-6-18-5-2-3-7-24(18)25/h2-17H,1H3,(H,36,40). The highest BCUT2D eigenvalue weighted by Crippen LogP contribution is 2.35. The maximum atomic E-state index is 14.2. The number of halogens is 3. The van der Waals surface area contributed by atoms with Crippen molar-refractivity contribution in [2.75, 3.05) is 12.4 Å². The number of methoxy groups -OCH3 is 1.